The monoisotopic (exact) mass is 339 g/mol. The standard InChI is InChI=1S/C20H22FN3O/c21-17-6-3-5-16(12-17)19-13-22-9-11-23(19)14-20(25)24-10-8-15-4-1-2-7-18(15)24/h1-7,12,19,22H,8-11,13-14H2. The maximum atomic E-state index is 13.6. The Bertz CT molecular complexity index is 779. The van der Waals surface area contributed by atoms with E-state index in [1.807, 2.05) is 29.2 Å². The minimum absolute atomic E-state index is 0.0197. The molecule has 4 rings (SSSR count). The average Bonchev–Trinajstić information content (AvgIpc) is 3.06. The van der Waals surface area contributed by atoms with Crippen molar-refractivity contribution in [2.75, 3.05) is 37.6 Å². The van der Waals surface area contributed by atoms with Gasteiger partial charge in [-0.2, -0.15) is 0 Å². The van der Waals surface area contributed by atoms with Crippen LogP contribution < -0.4 is 10.2 Å². The predicted octanol–water partition coefficient (Wildman–Crippen LogP) is 2.36. The molecule has 25 heavy (non-hydrogen) atoms. The zero-order valence-corrected chi connectivity index (χ0v) is 14.1. The zero-order valence-electron chi connectivity index (χ0n) is 14.1. The van der Waals surface area contributed by atoms with Gasteiger partial charge in [0.25, 0.3) is 0 Å². The van der Waals surface area contributed by atoms with E-state index in [2.05, 4.69) is 16.3 Å². The van der Waals surface area contributed by atoms with Crippen molar-refractivity contribution in [1.82, 2.24) is 10.2 Å². The van der Waals surface area contributed by atoms with Crippen LogP contribution in [0.5, 0.6) is 0 Å². The van der Waals surface area contributed by atoms with Crippen LogP contribution in [0.4, 0.5) is 10.1 Å². The van der Waals surface area contributed by atoms with E-state index in [0.717, 1.165) is 43.9 Å². The van der Waals surface area contributed by atoms with Gasteiger partial charge in [0.1, 0.15) is 5.82 Å². The average molecular weight is 339 g/mol. The molecule has 0 aliphatic carbocycles. The molecular formula is C20H22FN3O. The number of amides is 1. The van der Waals surface area contributed by atoms with Crippen molar-refractivity contribution >= 4 is 11.6 Å². The van der Waals surface area contributed by atoms with Crippen LogP contribution in [0, 0.1) is 5.82 Å². The number of anilines is 1. The third-order valence-electron chi connectivity index (χ3n) is 5.11. The molecule has 2 heterocycles. The Morgan fingerprint density at radius 3 is 2.92 bits per heavy atom. The van der Waals surface area contributed by atoms with Crippen LogP contribution in [0.15, 0.2) is 48.5 Å². The van der Waals surface area contributed by atoms with Gasteiger partial charge in [0.05, 0.1) is 6.54 Å². The number of halogens is 1. The Labute approximate surface area is 147 Å². The van der Waals surface area contributed by atoms with Crippen LogP contribution in [-0.2, 0) is 11.2 Å². The molecule has 2 aliphatic heterocycles. The fourth-order valence-electron chi connectivity index (χ4n) is 3.83. The Hall–Kier alpha value is -2.24. The van der Waals surface area contributed by atoms with Crippen molar-refractivity contribution in [2.24, 2.45) is 0 Å². The molecule has 4 nitrogen and oxygen atoms in total. The summed E-state index contributed by atoms with van der Waals surface area (Å²) in [6.45, 7) is 3.46. The third kappa shape index (κ3) is 3.30. The number of rotatable bonds is 3. The molecule has 1 fully saturated rings. The Morgan fingerprint density at radius 2 is 2.04 bits per heavy atom. The molecule has 0 bridgehead atoms. The lowest BCUT2D eigenvalue weighted by atomic mass is 10.0. The van der Waals surface area contributed by atoms with Gasteiger partial charge in [0.15, 0.2) is 0 Å². The van der Waals surface area contributed by atoms with E-state index in [1.54, 1.807) is 12.1 Å². The van der Waals surface area contributed by atoms with Crippen LogP contribution in [-0.4, -0.2) is 43.5 Å². The van der Waals surface area contributed by atoms with E-state index in [9.17, 15) is 9.18 Å². The van der Waals surface area contributed by atoms with Crippen LogP contribution >= 0.6 is 0 Å². The zero-order chi connectivity index (χ0) is 17.2. The molecule has 130 valence electrons. The normalized spacial score (nSPS) is 20.5. The minimum Gasteiger partial charge on any atom is -0.314 e. The first-order chi connectivity index (χ1) is 12.2. The van der Waals surface area contributed by atoms with Gasteiger partial charge in [-0.1, -0.05) is 30.3 Å². The summed E-state index contributed by atoms with van der Waals surface area (Å²) in [5, 5.41) is 3.35. The first kappa shape index (κ1) is 16.2. The van der Waals surface area contributed by atoms with Gasteiger partial charge in [0.2, 0.25) is 5.91 Å². The van der Waals surface area contributed by atoms with Gasteiger partial charge in [-0.05, 0) is 35.7 Å². The maximum absolute atomic E-state index is 13.6. The molecule has 0 aromatic heterocycles. The fourth-order valence-corrected chi connectivity index (χ4v) is 3.83. The number of carbonyl (C=O) groups is 1. The molecule has 2 aromatic carbocycles. The Kier molecular flexibility index (Phi) is 4.51. The van der Waals surface area contributed by atoms with Gasteiger partial charge >= 0.3 is 0 Å². The summed E-state index contributed by atoms with van der Waals surface area (Å²) < 4.78 is 13.6. The Morgan fingerprint density at radius 1 is 1.16 bits per heavy atom. The predicted molar refractivity (Wildman–Crippen MR) is 96.1 cm³/mol. The SMILES string of the molecule is O=C(CN1CCNCC1c1cccc(F)c1)N1CCc2ccccc21. The number of nitrogens with one attached hydrogen (secondary N) is 1. The highest BCUT2D eigenvalue weighted by atomic mass is 19.1. The van der Waals surface area contributed by atoms with E-state index in [1.165, 1.54) is 11.6 Å². The molecule has 1 atom stereocenters. The number of piperazine rings is 1. The second-order valence-electron chi connectivity index (χ2n) is 6.67. The van der Waals surface area contributed by atoms with Crippen molar-refractivity contribution in [1.29, 1.82) is 0 Å². The molecular weight excluding hydrogens is 317 g/mol. The van der Waals surface area contributed by atoms with Gasteiger partial charge in [-0.15, -0.1) is 0 Å². The molecule has 1 N–H and O–H groups in total. The lowest BCUT2D eigenvalue weighted by Gasteiger charge is -2.36. The Balaban J connectivity index is 1.51. The second-order valence-corrected chi connectivity index (χ2v) is 6.67. The van der Waals surface area contributed by atoms with E-state index >= 15 is 0 Å². The van der Waals surface area contributed by atoms with Crippen LogP contribution in [0.1, 0.15) is 17.2 Å². The summed E-state index contributed by atoms with van der Waals surface area (Å²) in [6, 6.07) is 14.8. The van der Waals surface area contributed by atoms with Crippen molar-refractivity contribution in [3.8, 4) is 0 Å². The van der Waals surface area contributed by atoms with Crippen molar-refractivity contribution in [2.45, 2.75) is 12.5 Å². The number of hydrogen-bond donors (Lipinski definition) is 1. The molecule has 5 heteroatoms. The molecule has 2 aliphatic rings. The smallest absolute Gasteiger partial charge is 0.241 e. The van der Waals surface area contributed by atoms with Crippen LogP contribution in [0.3, 0.4) is 0 Å². The summed E-state index contributed by atoms with van der Waals surface area (Å²) in [5.74, 6) is -0.115. The number of para-hydroxylation sites is 1. The third-order valence-corrected chi connectivity index (χ3v) is 5.11. The number of fused-ring (bicyclic) bond motifs is 1. The highest BCUT2D eigenvalue weighted by molar-refractivity contribution is 5.96. The molecule has 1 saturated heterocycles. The van der Waals surface area contributed by atoms with Crippen LogP contribution in [0.2, 0.25) is 0 Å². The van der Waals surface area contributed by atoms with Gasteiger partial charge in [-0.25, -0.2) is 4.39 Å². The second kappa shape index (κ2) is 6.94. The molecule has 1 amide bonds. The molecule has 0 spiro atoms. The lowest BCUT2D eigenvalue weighted by molar-refractivity contribution is -0.120. The van der Waals surface area contributed by atoms with Gasteiger partial charge < -0.3 is 10.2 Å². The van der Waals surface area contributed by atoms with E-state index < -0.39 is 0 Å². The summed E-state index contributed by atoms with van der Waals surface area (Å²) >= 11 is 0. The van der Waals surface area contributed by atoms with E-state index in [-0.39, 0.29) is 17.8 Å². The van der Waals surface area contributed by atoms with E-state index in [0.29, 0.717) is 6.54 Å². The molecule has 0 saturated carbocycles. The van der Waals surface area contributed by atoms with Crippen molar-refractivity contribution in [3.63, 3.8) is 0 Å². The molecule has 0 radical (unpaired) electrons. The van der Waals surface area contributed by atoms with Crippen LogP contribution in [0.25, 0.3) is 0 Å². The fraction of sp³-hybridized carbons (Fsp3) is 0.350. The lowest BCUT2D eigenvalue weighted by Crippen LogP contribution is -2.50. The highest BCUT2D eigenvalue weighted by Gasteiger charge is 2.30. The van der Waals surface area contributed by atoms with Gasteiger partial charge in [0, 0.05) is 37.9 Å². The molecule has 2 aromatic rings. The minimum atomic E-state index is -0.233. The largest absolute Gasteiger partial charge is 0.314 e. The topological polar surface area (TPSA) is 35.6 Å². The first-order valence-electron chi connectivity index (χ1n) is 8.81. The quantitative estimate of drug-likeness (QED) is 0.932. The summed E-state index contributed by atoms with van der Waals surface area (Å²) in [5.41, 5.74) is 3.18. The summed E-state index contributed by atoms with van der Waals surface area (Å²) in [4.78, 5) is 17.0. The maximum Gasteiger partial charge on any atom is 0.241 e. The van der Waals surface area contributed by atoms with Crippen molar-refractivity contribution < 1.29 is 9.18 Å². The number of nitrogens with zero attached hydrogens (tertiary/aromatic N) is 2. The number of hydrogen-bond acceptors (Lipinski definition) is 3. The number of carbonyl (C=O) groups excluding carboxylic acids is 1. The summed E-state index contributed by atoms with van der Waals surface area (Å²) in [6.07, 6.45) is 0.913. The first-order valence-corrected chi connectivity index (χ1v) is 8.81. The van der Waals surface area contributed by atoms with E-state index in [4.69, 9.17) is 0 Å². The number of benzene rings is 2. The molecule has 1 unspecified atom stereocenters. The van der Waals surface area contributed by atoms with Gasteiger partial charge in [-0.3, -0.25) is 9.69 Å². The summed E-state index contributed by atoms with van der Waals surface area (Å²) in [7, 11) is 0. The highest BCUT2D eigenvalue weighted by Crippen LogP contribution is 2.29. The van der Waals surface area contributed by atoms with Crippen molar-refractivity contribution in [3.05, 3.63) is 65.5 Å².